The van der Waals surface area contributed by atoms with Crippen LogP contribution in [0.25, 0.3) is 10.8 Å². The first-order valence-corrected chi connectivity index (χ1v) is 6.26. The minimum Gasteiger partial charge on any atom is -0.744 e. The molecule has 0 N–H and O–H groups in total. The van der Waals surface area contributed by atoms with Gasteiger partial charge in [-0.3, -0.25) is 0 Å². The molecule has 17 heavy (non-hydrogen) atoms. The Morgan fingerprint density at radius 1 is 1.00 bits per heavy atom. The maximum atomic E-state index is 11.1. The molecule has 0 fully saturated rings. The van der Waals surface area contributed by atoms with Crippen LogP contribution < -0.4 is 29.6 Å². The number of aryl methyl sites for hydroxylation is 2. The monoisotopic (exact) mass is 258 g/mol. The van der Waals surface area contributed by atoms with Gasteiger partial charge in [-0.15, -0.1) is 0 Å². The van der Waals surface area contributed by atoms with E-state index in [1.807, 2.05) is 19.1 Å². The van der Waals surface area contributed by atoms with Crippen LogP contribution in [0.3, 0.4) is 0 Å². The van der Waals surface area contributed by atoms with E-state index in [-0.39, 0.29) is 34.5 Å². The van der Waals surface area contributed by atoms with Gasteiger partial charge in [0.25, 0.3) is 0 Å². The zero-order valence-corrected chi connectivity index (χ0v) is 12.8. The zero-order chi connectivity index (χ0) is 11.9. The molecule has 3 nitrogen and oxygen atoms in total. The quantitative estimate of drug-likeness (QED) is 0.505. The molecule has 2 rings (SSSR count). The molecule has 0 saturated heterocycles. The summed E-state index contributed by atoms with van der Waals surface area (Å²) < 4.78 is 33.4. The molecule has 0 atom stereocenters. The van der Waals surface area contributed by atoms with E-state index in [4.69, 9.17) is 0 Å². The standard InChI is InChI=1S/C12H12O3S.Na/c1-8-3-4-11-10(5-8)6-9(2)7-12(11)16(13,14)15;/h3-7H,1-2H3,(H,13,14,15);/q;+1/p-1. The molecule has 0 saturated carbocycles. The predicted molar refractivity (Wildman–Crippen MR) is 61.4 cm³/mol. The Kier molecular flexibility index (Phi) is 4.38. The molecule has 0 aliphatic heterocycles. The number of fused-ring (bicyclic) bond motifs is 1. The van der Waals surface area contributed by atoms with Crippen molar-refractivity contribution in [2.45, 2.75) is 18.7 Å². The van der Waals surface area contributed by atoms with Crippen molar-refractivity contribution < 1.29 is 42.5 Å². The van der Waals surface area contributed by atoms with Gasteiger partial charge in [-0.05, 0) is 36.2 Å². The minimum absolute atomic E-state index is 0. The number of rotatable bonds is 1. The summed E-state index contributed by atoms with van der Waals surface area (Å²) in [4.78, 5) is -0.137. The zero-order valence-electron chi connectivity index (χ0n) is 10.0. The van der Waals surface area contributed by atoms with Gasteiger partial charge < -0.3 is 4.55 Å². The van der Waals surface area contributed by atoms with Gasteiger partial charge in [0.1, 0.15) is 10.1 Å². The molecular weight excluding hydrogens is 247 g/mol. The van der Waals surface area contributed by atoms with E-state index in [9.17, 15) is 13.0 Å². The largest absolute Gasteiger partial charge is 1.00 e. The van der Waals surface area contributed by atoms with Crippen molar-refractivity contribution in [2.24, 2.45) is 0 Å². The molecule has 0 bridgehead atoms. The van der Waals surface area contributed by atoms with Gasteiger partial charge in [0, 0.05) is 0 Å². The summed E-state index contributed by atoms with van der Waals surface area (Å²) in [7, 11) is -4.41. The summed E-state index contributed by atoms with van der Waals surface area (Å²) in [5, 5.41) is 1.28. The van der Waals surface area contributed by atoms with Crippen molar-refractivity contribution in [1.29, 1.82) is 0 Å². The van der Waals surface area contributed by atoms with E-state index in [1.54, 1.807) is 19.1 Å². The Bertz CT molecular complexity index is 658. The molecule has 0 aliphatic rings. The molecule has 0 amide bonds. The van der Waals surface area contributed by atoms with Gasteiger partial charge in [-0.1, -0.05) is 29.8 Å². The van der Waals surface area contributed by atoms with Crippen LogP contribution in [-0.2, 0) is 10.1 Å². The second-order valence-corrected chi connectivity index (χ2v) is 5.29. The average Bonchev–Trinajstić information content (AvgIpc) is 2.14. The summed E-state index contributed by atoms with van der Waals surface area (Å²) in [5.74, 6) is 0. The van der Waals surface area contributed by atoms with E-state index in [0.29, 0.717) is 5.39 Å². The third-order valence-electron chi connectivity index (χ3n) is 2.48. The molecule has 84 valence electrons. The van der Waals surface area contributed by atoms with Gasteiger partial charge in [0.15, 0.2) is 0 Å². The molecule has 0 aromatic heterocycles. The van der Waals surface area contributed by atoms with Crippen LogP contribution in [-0.4, -0.2) is 13.0 Å². The molecular formula is C12H11NaO3S. The van der Waals surface area contributed by atoms with Crippen LogP contribution in [0.1, 0.15) is 11.1 Å². The van der Waals surface area contributed by atoms with Crippen LogP contribution in [0.4, 0.5) is 0 Å². The Morgan fingerprint density at radius 2 is 1.59 bits per heavy atom. The maximum Gasteiger partial charge on any atom is 1.00 e. The first kappa shape index (κ1) is 14.7. The van der Waals surface area contributed by atoms with Crippen LogP contribution in [0.2, 0.25) is 0 Å². The van der Waals surface area contributed by atoms with E-state index in [0.717, 1.165) is 16.5 Å². The van der Waals surface area contributed by atoms with Crippen molar-refractivity contribution in [2.75, 3.05) is 0 Å². The molecule has 0 spiro atoms. The fraction of sp³-hybridized carbons (Fsp3) is 0.167. The molecule has 2 aromatic rings. The van der Waals surface area contributed by atoms with E-state index >= 15 is 0 Å². The van der Waals surface area contributed by atoms with E-state index in [2.05, 4.69) is 0 Å². The third-order valence-corrected chi connectivity index (χ3v) is 3.36. The van der Waals surface area contributed by atoms with Gasteiger partial charge in [-0.25, -0.2) is 8.42 Å². The summed E-state index contributed by atoms with van der Waals surface area (Å²) in [6.07, 6.45) is 0. The molecule has 0 radical (unpaired) electrons. The summed E-state index contributed by atoms with van der Waals surface area (Å²) in [6, 6.07) is 8.63. The molecule has 0 heterocycles. The van der Waals surface area contributed by atoms with Gasteiger partial charge >= 0.3 is 29.6 Å². The summed E-state index contributed by atoms with van der Waals surface area (Å²) in [6.45, 7) is 3.70. The maximum absolute atomic E-state index is 11.1. The van der Waals surface area contributed by atoms with Crippen LogP contribution in [0.5, 0.6) is 0 Å². The van der Waals surface area contributed by atoms with E-state index in [1.165, 1.54) is 6.07 Å². The second-order valence-electron chi connectivity index (χ2n) is 3.94. The molecule has 5 heteroatoms. The minimum atomic E-state index is -4.41. The molecule has 0 unspecified atom stereocenters. The first-order valence-electron chi connectivity index (χ1n) is 4.85. The smallest absolute Gasteiger partial charge is 0.744 e. The number of benzene rings is 2. The normalized spacial score (nSPS) is 11.2. The van der Waals surface area contributed by atoms with Gasteiger partial charge in [0.05, 0.1) is 4.90 Å². The molecule has 2 aromatic carbocycles. The fourth-order valence-electron chi connectivity index (χ4n) is 1.80. The van der Waals surface area contributed by atoms with Crippen molar-refractivity contribution in [3.8, 4) is 0 Å². The Labute approximate surface area is 123 Å². The van der Waals surface area contributed by atoms with Crippen molar-refractivity contribution in [3.05, 3.63) is 41.5 Å². The topological polar surface area (TPSA) is 57.2 Å². The average molecular weight is 258 g/mol. The van der Waals surface area contributed by atoms with Crippen LogP contribution in [0.15, 0.2) is 35.2 Å². The van der Waals surface area contributed by atoms with Crippen LogP contribution in [0, 0.1) is 13.8 Å². The van der Waals surface area contributed by atoms with Crippen molar-refractivity contribution in [3.63, 3.8) is 0 Å². The Hall–Kier alpha value is -0.390. The number of hydrogen-bond donors (Lipinski definition) is 0. The number of hydrogen-bond acceptors (Lipinski definition) is 3. The summed E-state index contributed by atoms with van der Waals surface area (Å²) in [5.41, 5.74) is 1.81. The van der Waals surface area contributed by atoms with Crippen molar-refractivity contribution >= 4 is 20.9 Å². The van der Waals surface area contributed by atoms with Crippen molar-refractivity contribution in [1.82, 2.24) is 0 Å². The van der Waals surface area contributed by atoms with Crippen LogP contribution >= 0.6 is 0 Å². The fourth-order valence-corrected chi connectivity index (χ4v) is 2.59. The predicted octanol–water partition coefficient (Wildman–Crippen LogP) is -0.635. The third kappa shape index (κ3) is 3.09. The van der Waals surface area contributed by atoms with E-state index < -0.39 is 10.1 Å². The Balaban J connectivity index is 0.00000144. The Morgan fingerprint density at radius 3 is 2.18 bits per heavy atom. The second kappa shape index (κ2) is 5.08. The van der Waals surface area contributed by atoms with Gasteiger partial charge in [0.2, 0.25) is 0 Å². The first-order chi connectivity index (χ1) is 7.38. The van der Waals surface area contributed by atoms with Gasteiger partial charge in [-0.2, -0.15) is 0 Å². The molecule has 0 aliphatic carbocycles. The summed E-state index contributed by atoms with van der Waals surface area (Å²) >= 11 is 0. The SMILES string of the molecule is Cc1ccc2c(S(=O)(=O)[O-])cc(C)cc2c1.[Na+].